The summed E-state index contributed by atoms with van der Waals surface area (Å²) in [5, 5.41) is 6.87. The molecule has 1 aliphatic rings. The van der Waals surface area contributed by atoms with Crippen LogP contribution < -0.4 is 10.1 Å². The molecule has 1 aromatic carbocycles. The molecule has 1 heterocycles. The van der Waals surface area contributed by atoms with Crippen LogP contribution in [0.15, 0.2) is 28.8 Å². The van der Waals surface area contributed by atoms with Crippen LogP contribution in [-0.4, -0.2) is 18.2 Å². The Morgan fingerprint density at radius 1 is 1.41 bits per heavy atom. The molecule has 2 aromatic rings. The van der Waals surface area contributed by atoms with Crippen LogP contribution >= 0.6 is 0 Å². The van der Waals surface area contributed by atoms with E-state index in [-0.39, 0.29) is 5.91 Å². The van der Waals surface area contributed by atoms with Crippen molar-refractivity contribution in [3.63, 3.8) is 0 Å². The van der Waals surface area contributed by atoms with Crippen LogP contribution in [0.3, 0.4) is 0 Å². The molecular weight excluding hydrogens is 280 g/mol. The van der Waals surface area contributed by atoms with E-state index >= 15 is 0 Å². The van der Waals surface area contributed by atoms with Gasteiger partial charge in [-0.3, -0.25) is 4.79 Å². The Hall–Kier alpha value is -2.30. The summed E-state index contributed by atoms with van der Waals surface area (Å²) in [6.07, 6.45) is 2.83. The van der Waals surface area contributed by atoms with Crippen LogP contribution in [0.2, 0.25) is 0 Å². The summed E-state index contributed by atoms with van der Waals surface area (Å²) >= 11 is 0. The van der Waals surface area contributed by atoms with Crippen LogP contribution in [0.25, 0.3) is 0 Å². The maximum absolute atomic E-state index is 12.3. The minimum atomic E-state index is -0.171. The van der Waals surface area contributed by atoms with Gasteiger partial charge in [-0.15, -0.1) is 0 Å². The van der Waals surface area contributed by atoms with Gasteiger partial charge in [0.2, 0.25) is 0 Å². The molecule has 0 saturated heterocycles. The fraction of sp³-hybridized carbons (Fsp3) is 0.412. The predicted octanol–water partition coefficient (Wildman–Crippen LogP) is 2.74. The molecular formula is C17H20N2O3. The largest absolute Gasteiger partial charge is 0.497 e. The average Bonchev–Trinajstić information content (AvgIpc) is 2.96. The van der Waals surface area contributed by atoms with E-state index in [0.717, 1.165) is 41.9 Å². The Balaban J connectivity index is 1.66. The first kappa shape index (κ1) is 14.6. The number of benzene rings is 1. The summed E-state index contributed by atoms with van der Waals surface area (Å²) in [6.45, 7) is 2.65. The SMILES string of the molecule is COc1ccc(CNC(=O)c2noc3c2C[C@H](C)CC3)cc1. The van der Waals surface area contributed by atoms with E-state index in [2.05, 4.69) is 17.4 Å². The van der Waals surface area contributed by atoms with Gasteiger partial charge in [-0.05, 0) is 36.5 Å². The van der Waals surface area contributed by atoms with Crippen molar-refractivity contribution in [3.8, 4) is 5.75 Å². The van der Waals surface area contributed by atoms with E-state index in [9.17, 15) is 4.79 Å². The van der Waals surface area contributed by atoms with Gasteiger partial charge in [0.25, 0.3) is 5.91 Å². The fourth-order valence-corrected chi connectivity index (χ4v) is 2.77. The van der Waals surface area contributed by atoms with Crippen LogP contribution in [-0.2, 0) is 19.4 Å². The molecule has 0 saturated carbocycles. The monoisotopic (exact) mass is 300 g/mol. The molecule has 1 atom stereocenters. The van der Waals surface area contributed by atoms with Crippen molar-refractivity contribution in [1.82, 2.24) is 10.5 Å². The van der Waals surface area contributed by atoms with Crippen LogP contribution in [0, 0.1) is 5.92 Å². The molecule has 5 nitrogen and oxygen atoms in total. The zero-order valence-corrected chi connectivity index (χ0v) is 12.9. The summed E-state index contributed by atoms with van der Waals surface area (Å²) in [5.74, 6) is 2.07. The molecule has 0 spiro atoms. The Morgan fingerprint density at radius 3 is 2.91 bits per heavy atom. The molecule has 0 unspecified atom stereocenters. The number of nitrogens with one attached hydrogen (secondary N) is 1. The summed E-state index contributed by atoms with van der Waals surface area (Å²) in [6, 6.07) is 7.61. The van der Waals surface area contributed by atoms with Crippen molar-refractivity contribution in [2.75, 3.05) is 7.11 Å². The zero-order chi connectivity index (χ0) is 15.5. The minimum Gasteiger partial charge on any atom is -0.497 e. The first-order chi connectivity index (χ1) is 10.7. The number of ether oxygens (including phenoxy) is 1. The van der Waals surface area contributed by atoms with Crippen molar-refractivity contribution in [2.24, 2.45) is 5.92 Å². The molecule has 1 aliphatic carbocycles. The standard InChI is InChI=1S/C17H20N2O3/c1-11-3-8-15-14(9-11)16(19-22-15)17(20)18-10-12-4-6-13(21-2)7-5-12/h4-7,11H,3,8-10H2,1-2H3,(H,18,20)/t11-/m1/s1. The van der Waals surface area contributed by atoms with Gasteiger partial charge < -0.3 is 14.6 Å². The van der Waals surface area contributed by atoms with E-state index in [4.69, 9.17) is 9.26 Å². The number of carbonyl (C=O) groups is 1. The zero-order valence-electron chi connectivity index (χ0n) is 12.9. The van der Waals surface area contributed by atoms with Gasteiger partial charge in [0, 0.05) is 18.5 Å². The third-order valence-electron chi connectivity index (χ3n) is 4.11. The Bertz CT molecular complexity index is 661. The number of hydrogen-bond acceptors (Lipinski definition) is 4. The van der Waals surface area contributed by atoms with Crippen molar-refractivity contribution in [3.05, 3.63) is 46.8 Å². The molecule has 22 heavy (non-hydrogen) atoms. The van der Waals surface area contributed by atoms with Gasteiger partial charge in [-0.1, -0.05) is 24.2 Å². The van der Waals surface area contributed by atoms with Gasteiger partial charge >= 0.3 is 0 Å². The van der Waals surface area contributed by atoms with Gasteiger partial charge in [0.15, 0.2) is 5.69 Å². The molecule has 0 aliphatic heterocycles. The second kappa shape index (κ2) is 6.22. The van der Waals surface area contributed by atoms with Gasteiger partial charge in [0.05, 0.1) is 7.11 Å². The lowest BCUT2D eigenvalue weighted by Gasteiger charge is -2.16. The van der Waals surface area contributed by atoms with Crippen molar-refractivity contribution in [2.45, 2.75) is 32.7 Å². The topological polar surface area (TPSA) is 64.4 Å². The minimum absolute atomic E-state index is 0.171. The number of nitrogens with zero attached hydrogens (tertiary/aromatic N) is 1. The summed E-state index contributed by atoms with van der Waals surface area (Å²) < 4.78 is 10.4. The van der Waals surface area contributed by atoms with Gasteiger partial charge in [-0.2, -0.15) is 0 Å². The fourth-order valence-electron chi connectivity index (χ4n) is 2.77. The van der Waals surface area contributed by atoms with Gasteiger partial charge in [-0.25, -0.2) is 0 Å². The molecule has 1 aromatic heterocycles. The van der Waals surface area contributed by atoms with E-state index in [1.54, 1.807) is 7.11 Å². The van der Waals surface area contributed by atoms with Crippen molar-refractivity contribution < 1.29 is 14.1 Å². The highest BCUT2D eigenvalue weighted by Crippen LogP contribution is 2.27. The second-order valence-corrected chi connectivity index (χ2v) is 5.81. The normalized spacial score (nSPS) is 16.9. The van der Waals surface area contributed by atoms with E-state index < -0.39 is 0 Å². The number of carbonyl (C=O) groups excluding carboxylic acids is 1. The lowest BCUT2D eigenvalue weighted by molar-refractivity contribution is 0.0941. The number of amides is 1. The maximum atomic E-state index is 12.3. The average molecular weight is 300 g/mol. The first-order valence-corrected chi connectivity index (χ1v) is 7.56. The maximum Gasteiger partial charge on any atom is 0.274 e. The number of methoxy groups -OCH3 is 1. The quantitative estimate of drug-likeness (QED) is 0.943. The Kier molecular flexibility index (Phi) is 4.13. The smallest absolute Gasteiger partial charge is 0.274 e. The van der Waals surface area contributed by atoms with Crippen LogP contribution in [0.5, 0.6) is 5.75 Å². The van der Waals surface area contributed by atoms with Crippen molar-refractivity contribution in [1.29, 1.82) is 0 Å². The Labute approximate surface area is 129 Å². The lowest BCUT2D eigenvalue weighted by atomic mass is 9.88. The number of fused-ring (bicyclic) bond motifs is 1. The van der Waals surface area contributed by atoms with E-state index in [1.807, 2.05) is 24.3 Å². The number of aromatic nitrogens is 1. The summed E-state index contributed by atoms with van der Waals surface area (Å²) in [4.78, 5) is 12.3. The predicted molar refractivity (Wildman–Crippen MR) is 81.9 cm³/mol. The number of aryl methyl sites for hydroxylation is 1. The third-order valence-corrected chi connectivity index (χ3v) is 4.11. The number of hydrogen-bond donors (Lipinski definition) is 1. The van der Waals surface area contributed by atoms with Gasteiger partial charge in [0.1, 0.15) is 11.5 Å². The van der Waals surface area contributed by atoms with E-state index in [0.29, 0.717) is 18.2 Å². The molecule has 0 fully saturated rings. The third kappa shape index (κ3) is 2.98. The highest BCUT2D eigenvalue weighted by atomic mass is 16.5. The number of rotatable bonds is 4. The summed E-state index contributed by atoms with van der Waals surface area (Å²) in [5.41, 5.74) is 2.43. The molecule has 116 valence electrons. The summed E-state index contributed by atoms with van der Waals surface area (Å²) in [7, 11) is 1.63. The molecule has 1 N–H and O–H groups in total. The molecule has 3 rings (SSSR count). The Morgan fingerprint density at radius 2 is 2.18 bits per heavy atom. The molecule has 0 radical (unpaired) electrons. The molecule has 1 amide bonds. The second-order valence-electron chi connectivity index (χ2n) is 5.81. The van der Waals surface area contributed by atoms with Crippen molar-refractivity contribution >= 4 is 5.91 Å². The highest BCUT2D eigenvalue weighted by Gasteiger charge is 2.26. The van der Waals surface area contributed by atoms with E-state index in [1.165, 1.54) is 0 Å². The van der Waals surface area contributed by atoms with Crippen LogP contribution in [0.4, 0.5) is 0 Å². The highest BCUT2D eigenvalue weighted by molar-refractivity contribution is 5.93. The molecule has 5 heteroatoms. The first-order valence-electron chi connectivity index (χ1n) is 7.56. The molecule has 0 bridgehead atoms. The lowest BCUT2D eigenvalue weighted by Crippen LogP contribution is -2.25. The van der Waals surface area contributed by atoms with Crippen LogP contribution in [0.1, 0.15) is 40.7 Å².